The van der Waals surface area contributed by atoms with Gasteiger partial charge in [-0.1, -0.05) is 0 Å². The molecule has 0 aliphatic carbocycles. The first-order valence-corrected chi connectivity index (χ1v) is 6.05. The summed E-state index contributed by atoms with van der Waals surface area (Å²) in [6.07, 6.45) is 1.58. The number of anilines is 1. The standard InChI is InChI=1S/C13H10BrFN2O/c1-8-7-9(4-5-11(8)15)13(18)17-12-10(14)3-2-6-16-12/h2-7H,1H3,(H,16,17,18). The van der Waals surface area contributed by atoms with Gasteiger partial charge < -0.3 is 5.32 Å². The summed E-state index contributed by atoms with van der Waals surface area (Å²) in [5.74, 6) is -0.215. The predicted octanol–water partition coefficient (Wildman–Crippen LogP) is 3.54. The number of aryl methyl sites for hydroxylation is 1. The van der Waals surface area contributed by atoms with Crippen molar-refractivity contribution in [3.05, 3.63) is 57.9 Å². The van der Waals surface area contributed by atoms with Gasteiger partial charge in [-0.3, -0.25) is 4.79 Å². The van der Waals surface area contributed by atoms with Crippen LogP contribution in [0.5, 0.6) is 0 Å². The van der Waals surface area contributed by atoms with Crippen LogP contribution in [0.3, 0.4) is 0 Å². The van der Waals surface area contributed by atoms with Crippen LogP contribution < -0.4 is 5.32 Å². The minimum atomic E-state index is -0.328. The minimum Gasteiger partial charge on any atom is -0.306 e. The molecule has 1 N–H and O–H groups in total. The Kier molecular flexibility index (Phi) is 3.72. The number of carbonyl (C=O) groups excluding carboxylic acids is 1. The van der Waals surface area contributed by atoms with E-state index in [4.69, 9.17) is 0 Å². The number of aromatic nitrogens is 1. The summed E-state index contributed by atoms with van der Waals surface area (Å²) < 4.78 is 13.8. The van der Waals surface area contributed by atoms with Crippen LogP contribution in [0, 0.1) is 12.7 Å². The van der Waals surface area contributed by atoms with Crippen LogP contribution in [0.25, 0.3) is 0 Å². The molecule has 1 aromatic carbocycles. The van der Waals surface area contributed by atoms with Gasteiger partial charge in [0.2, 0.25) is 0 Å². The molecule has 0 bridgehead atoms. The van der Waals surface area contributed by atoms with Gasteiger partial charge in [0.1, 0.15) is 11.6 Å². The molecule has 0 atom stereocenters. The summed E-state index contributed by atoms with van der Waals surface area (Å²) >= 11 is 3.29. The molecule has 2 aromatic rings. The Hall–Kier alpha value is -1.75. The molecule has 1 aromatic heterocycles. The Balaban J connectivity index is 2.22. The van der Waals surface area contributed by atoms with E-state index >= 15 is 0 Å². The zero-order valence-corrected chi connectivity index (χ0v) is 11.2. The van der Waals surface area contributed by atoms with Crippen LogP contribution in [0.1, 0.15) is 15.9 Å². The lowest BCUT2D eigenvalue weighted by Gasteiger charge is -2.06. The Morgan fingerprint density at radius 2 is 2.17 bits per heavy atom. The zero-order valence-electron chi connectivity index (χ0n) is 9.58. The van der Waals surface area contributed by atoms with Crippen LogP contribution in [0.2, 0.25) is 0 Å². The molecular formula is C13H10BrFN2O. The van der Waals surface area contributed by atoms with Crippen molar-refractivity contribution in [2.24, 2.45) is 0 Å². The number of nitrogens with zero attached hydrogens (tertiary/aromatic N) is 1. The van der Waals surface area contributed by atoms with Crippen molar-refractivity contribution in [1.82, 2.24) is 4.98 Å². The third kappa shape index (κ3) is 2.73. The summed E-state index contributed by atoms with van der Waals surface area (Å²) in [4.78, 5) is 16.0. The maximum atomic E-state index is 13.1. The van der Waals surface area contributed by atoms with Crippen molar-refractivity contribution in [3.63, 3.8) is 0 Å². The summed E-state index contributed by atoms with van der Waals surface area (Å²) in [5.41, 5.74) is 0.828. The number of rotatable bonds is 2. The van der Waals surface area contributed by atoms with E-state index in [0.29, 0.717) is 21.4 Å². The minimum absolute atomic E-state index is 0.322. The molecule has 0 fully saturated rings. The average molecular weight is 309 g/mol. The molecule has 2 rings (SSSR count). The molecule has 1 heterocycles. The molecule has 5 heteroatoms. The second-order valence-corrected chi connectivity index (χ2v) is 4.61. The van der Waals surface area contributed by atoms with E-state index in [1.165, 1.54) is 18.2 Å². The maximum Gasteiger partial charge on any atom is 0.256 e. The van der Waals surface area contributed by atoms with Crippen molar-refractivity contribution in [3.8, 4) is 0 Å². The molecule has 0 spiro atoms. The second-order valence-electron chi connectivity index (χ2n) is 3.75. The van der Waals surface area contributed by atoms with Gasteiger partial charge in [-0.2, -0.15) is 0 Å². The Labute approximate surface area is 112 Å². The first-order chi connectivity index (χ1) is 8.58. The third-order valence-corrected chi connectivity index (χ3v) is 3.05. The maximum absolute atomic E-state index is 13.1. The molecule has 0 aliphatic rings. The number of pyridine rings is 1. The third-order valence-electron chi connectivity index (χ3n) is 2.41. The number of hydrogen-bond acceptors (Lipinski definition) is 2. The van der Waals surface area contributed by atoms with Crippen LogP contribution >= 0.6 is 15.9 Å². The molecule has 0 radical (unpaired) electrons. The van der Waals surface area contributed by atoms with Gasteiger partial charge in [-0.05, 0) is 58.7 Å². The fraction of sp³-hybridized carbons (Fsp3) is 0.0769. The van der Waals surface area contributed by atoms with Gasteiger partial charge in [0.25, 0.3) is 5.91 Å². The Morgan fingerprint density at radius 3 is 2.83 bits per heavy atom. The van der Waals surface area contributed by atoms with E-state index in [1.54, 1.807) is 25.3 Å². The fourth-order valence-electron chi connectivity index (χ4n) is 1.44. The fourth-order valence-corrected chi connectivity index (χ4v) is 1.80. The number of hydrogen-bond donors (Lipinski definition) is 1. The first kappa shape index (κ1) is 12.7. The molecule has 0 aliphatic heterocycles. The molecule has 0 unspecified atom stereocenters. The highest BCUT2D eigenvalue weighted by Gasteiger charge is 2.10. The van der Waals surface area contributed by atoms with E-state index in [-0.39, 0.29) is 11.7 Å². The lowest BCUT2D eigenvalue weighted by Crippen LogP contribution is -2.13. The summed E-state index contributed by atoms with van der Waals surface area (Å²) in [6.45, 7) is 1.61. The lowest BCUT2D eigenvalue weighted by molar-refractivity contribution is 0.102. The highest BCUT2D eigenvalue weighted by atomic mass is 79.9. The monoisotopic (exact) mass is 308 g/mol. The average Bonchev–Trinajstić information content (AvgIpc) is 2.35. The zero-order chi connectivity index (χ0) is 13.1. The predicted molar refractivity (Wildman–Crippen MR) is 71.0 cm³/mol. The topological polar surface area (TPSA) is 42.0 Å². The highest BCUT2D eigenvalue weighted by Crippen LogP contribution is 2.19. The number of carbonyl (C=O) groups is 1. The number of halogens is 2. The molecule has 0 saturated carbocycles. The van der Waals surface area contributed by atoms with Crippen molar-refractivity contribution in [1.29, 1.82) is 0 Å². The van der Waals surface area contributed by atoms with Gasteiger partial charge in [0, 0.05) is 11.8 Å². The van der Waals surface area contributed by atoms with Gasteiger partial charge >= 0.3 is 0 Å². The SMILES string of the molecule is Cc1cc(C(=O)Nc2ncccc2Br)ccc1F. The van der Waals surface area contributed by atoms with Gasteiger partial charge in [0.15, 0.2) is 0 Å². The molecule has 0 saturated heterocycles. The largest absolute Gasteiger partial charge is 0.306 e. The normalized spacial score (nSPS) is 10.2. The lowest BCUT2D eigenvalue weighted by atomic mass is 10.1. The van der Waals surface area contributed by atoms with Crippen LogP contribution in [0.4, 0.5) is 10.2 Å². The second kappa shape index (κ2) is 5.27. The summed E-state index contributed by atoms with van der Waals surface area (Å²) in [7, 11) is 0. The Bertz CT molecular complexity index is 601. The van der Waals surface area contributed by atoms with Gasteiger partial charge in [0.05, 0.1) is 4.47 Å². The number of amides is 1. The highest BCUT2D eigenvalue weighted by molar-refractivity contribution is 9.10. The van der Waals surface area contributed by atoms with Crippen molar-refractivity contribution < 1.29 is 9.18 Å². The summed E-state index contributed by atoms with van der Waals surface area (Å²) in [6, 6.07) is 7.74. The molecule has 18 heavy (non-hydrogen) atoms. The van der Waals surface area contributed by atoms with Gasteiger partial charge in [-0.15, -0.1) is 0 Å². The number of benzene rings is 1. The van der Waals surface area contributed by atoms with Crippen LogP contribution in [-0.4, -0.2) is 10.9 Å². The first-order valence-electron chi connectivity index (χ1n) is 5.26. The van der Waals surface area contributed by atoms with Crippen LogP contribution in [-0.2, 0) is 0 Å². The number of nitrogens with one attached hydrogen (secondary N) is 1. The van der Waals surface area contributed by atoms with E-state index in [9.17, 15) is 9.18 Å². The summed E-state index contributed by atoms with van der Waals surface area (Å²) in [5, 5.41) is 2.65. The van der Waals surface area contributed by atoms with E-state index in [2.05, 4.69) is 26.2 Å². The van der Waals surface area contributed by atoms with E-state index in [0.717, 1.165) is 0 Å². The molecule has 1 amide bonds. The van der Waals surface area contributed by atoms with Crippen molar-refractivity contribution in [2.75, 3.05) is 5.32 Å². The quantitative estimate of drug-likeness (QED) is 0.922. The van der Waals surface area contributed by atoms with Crippen molar-refractivity contribution >= 4 is 27.7 Å². The van der Waals surface area contributed by atoms with Crippen molar-refractivity contribution in [2.45, 2.75) is 6.92 Å². The molecule has 92 valence electrons. The molecule has 3 nitrogen and oxygen atoms in total. The van der Waals surface area contributed by atoms with Crippen LogP contribution in [0.15, 0.2) is 41.0 Å². The van der Waals surface area contributed by atoms with Gasteiger partial charge in [-0.25, -0.2) is 9.37 Å². The molecular weight excluding hydrogens is 299 g/mol. The smallest absolute Gasteiger partial charge is 0.256 e. The van der Waals surface area contributed by atoms with E-state index in [1.807, 2.05) is 0 Å². The Morgan fingerprint density at radius 1 is 1.39 bits per heavy atom. The van der Waals surface area contributed by atoms with E-state index < -0.39 is 0 Å².